The number of nitrogen functional groups attached to an aromatic ring is 1. The van der Waals surface area contributed by atoms with E-state index in [1.54, 1.807) is 17.4 Å². The number of benzene rings is 2. The number of nitrogens with two attached hydrogens (primary N) is 1. The number of nitrogens with one attached hydrogen (secondary N) is 1. The first-order valence-electron chi connectivity index (χ1n) is 11.0. The summed E-state index contributed by atoms with van der Waals surface area (Å²) in [5, 5.41) is 2.96. The molecule has 0 aliphatic carbocycles. The van der Waals surface area contributed by atoms with Gasteiger partial charge in [-0.1, -0.05) is 12.1 Å². The van der Waals surface area contributed by atoms with Gasteiger partial charge in [0.15, 0.2) is 0 Å². The zero-order chi connectivity index (χ0) is 22.8. The van der Waals surface area contributed by atoms with Gasteiger partial charge in [0.05, 0.1) is 24.3 Å². The first-order chi connectivity index (χ1) is 16.1. The third kappa shape index (κ3) is 4.64. The van der Waals surface area contributed by atoms with E-state index in [9.17, 15) is 9.59 Å². The first-order valence-corrected chi connectivity index (χ1v) is 11.8. The Morgan fingerprint density at radius 2 is 1.76 bits per heavy atom. The Labute approximate surface area is 196 Å². The van der Waals surface area contributed by atoms with Crippen molar-refractivity contribution >= 4 is 28.9 Å². The van der Waals surface area contributed by atoms with Crippen molar-refractivity contribution < 1.29 is 19.1 Å². The molecule has 3 aromatic rings. The van der Waals surface area contributed by atoms with Crippen LogP contribution in [-0.4, -0.2) is 56.2 Å². The maximum absolute atomic E-state index is 12.6. The van der Waals surface area contributed by atoms with Gasteiger partial charge < -0.3 is 20.5 Å². The van der Waals surface area contributed by atoms with Gasteiger partial charge in [0, 0.05) is 47.2 Å². The van der Waals surface area contributed by atoms with Crippen molar-refractivity contribution in [1.29, 1.82) is 0 Å². The average Bonchev–Trinajstić information content (AvgIpc) is 3.47. The second-order valence-corrected chi connectivity index (χ2v) is 9.21. The molecular formula is C25H25N3O4S. The van der Waals surface area contributed by atoms with Crippen molar-refractivity contribution in [3.63, 3.8) is 0 Å². The molecule has 1 aromatic heterocycles. The third-order valence-corrected chi connectivity index (χ3v) is 7.16. The van der Waals surface area contributed by atoms with Crippen LogP contribution in [0.3, 0.4) is 0 Å². The summed E-state index contributed by atoms with van der Waals surface area (Å²) < 4.78 is 10.4. The van der Waals surface area contributed by atoms with Crippen LogP contribution < -0.4 is 11.1 Å². The number of carbonyl (C=O) groups is 2. The van der Waals surface area contributed by atoms with E-state index in [-0.39, 0.29) is 11.9 Å². The summed E-state index contributed by atoms with van der Waals surface area (Å²) in [5.41, 5.74) is 10.8. The lowest BCUT2D eigenvalue weighted by Crippen LogP contribution is -2.41. The Bertz CT molecular complexity index is 1200. The average molecular weight is 464 g/mol. The van der Waals surface area contributed by atoms with Gasteiger partial charge in [0.2, 0.25) is 0 Å². The highest BCUT2D eigenvalue weighted by Gasteiger charge is 2.21. The molecule has 0 spiro atoms. The van der Waals surface area contributed by atoms with E-state index in [0.29, 0.717) is 30.0 Å². The highest BCUT2D eigenvalue weighted by atomic mass is 32.1. The molecule has 33 heavy (non-hydrogen) atoms. The molecule has 3 heterocycles. The highest BCUT2D eigenvalue weighted by Crippen LogP contribution is 2.37. The van der Waals surface area contributed by atoms with E-state index in [1.165, 1.54) is 0 Å². The number of nitrogens with zero attached hydrogens (tertiary/aromatic N) is 1. The summed E-state index contributed by atoms with van der Waals surface area (Å²) in [5.74, 6) is -0.418. The number of amides is 1. The Morgan fingerprint density at radius 1 is 1.03 bits per heavy atom. The second-order valence-electron chi connectivity index (χ2n) is 8.12. The number of ether oxygens (including phenoxy) is 2. The molecule has 0 atom stereocenters. The smallest absolute Gasteiger partial charge is 0.338 e. The lowest BCUT2D eigenvalue weighted by atomic mass is 10.0. The van der Waals surface area contributed by atoms with Crippen LogP contribution in [0.4, 0.5) is 5.69 Å². The quantitative estimate of drug-likeness (QED) is 0.430. The number of anilines is 1. The first kappa shape index (κ1) is 21.6. The van der Waals surface area contributed by atoms with Crippen LogP contribution in [0.2, 0.25) is 0 Å². The van der Waals surface area contributed by atoms with E-state index >= 15 is 0 Å². The highest BCUT2D eigenvalue weighted by molar-refractivity contribution is 7.18. The van der Waals surface area contributed by atoms with Gasteiger partial charge in [-0.3, -0.25) is 9.69 Å². The SMILES string of the molecule is Nc1cc(-c2ccc(-c3ccc4c(c3)COC4=O)s2)ccc1C(=O)NCCN1CCOCC1. The monoisotopic (exact) mass is 463 g/mol. The van der Waals surface area contributed by atoms with Crippen LogP contribution >= 0.6 is 11.3 Å². The molecule has 170 valence electrons. The summed E-state index contributed by atoms with van der Waals surface area (Å²) in [7, 11) is 0. The molecule has 2 aliphatic heterocycles. The Balaban J connectivity index is 1.25. The largest absolute Gasteiger partial charge is 0.457 e. The number of carbonyl (C=O) groups excluding carboxylic acids is 2. The van der Waals surface area contributed by atoms with Crippen LogP contribution in [0, 0.1) is 0 Å². The van der Waals surface area contributed by atoms with Crippen LogP contribution in [0.1, 0.15) is 26.3 Å². The van der Waals surface area contributed by atoms with Crippen molar-refractivity contribution in [2.24, 2.45) is 0 Å². The number of morpholine rings is 1. The third-order valence-electron chi connectivity index (χ3n) is 5.97. The zero-order valence-corrected chi connectivity index (χ0v) is 19.0. The van der Waals surface area contributed by atoms with Crippen molar-refractivity contribution in [2.75, 3.05) is 45.1 Å². The Morgan fingerprint density at radius 3 is 2.52 bits per heavy atom. The topological polar surface area (TPSA) is 93.9 Å². The number of thiophene rings is 1. The standard InChI is InChI=1S/C25H25N3O4S/c26-21-14-17(2-4-20(21)24(29)27-7-8-28-9-11-31-12-10-28)23-6-5-22(33-23)16-1-3-19-18(13-16)15-32-25(19)30/h1-6,13-14H,7-12,15,26H2,(H,27,29). The predicted molar refractivity (Wildman–Crippen MR) is 128 cm³/mol. The van der Waals surface area contributed by atoms with Gasteiger partial charge in [-0.05, 0) is 47.5 Å². The van der Waals surface area contributed by atoms with Gasteiger partial charge in [0.25, 0.3) is 5.91 Å². The van der Waals surface area contributed by atoms with E-state index in [2.05, 4.69) is 16.3 Å². The van der Waals surface area contributed by atoms with Crippen molar-refractivity contribution in [3.05, 3.63) is 65.2 Å². The number of rotatable bonds is 6. The minimum absolute atomic E-state index is 0.158. The van der Waals surface area contributed by atoms with E-state index in [0.717, 1.165) is 59.3 Å². The lowest BCUT2D eigenvalue weighted by Gasteiger charge is -2.26. The molecule has 3 N–H and O–H groups in total. The van der Waals surface area contributed by atoms with E-state index in [4.69, 9.17) is 15.2 Å². The maximum Gasteiger partial charge on any atom is 0.338 e. The molecule has 7 nitrogen and oxygen atoms in total. The van der Waals surface area contributed by atoms with Crippen molar-refractivity contribution in [3.8, 4) is 20.9 Å². The number of fused-ring (bicyclic) bond motifs is 1. The molecular weight excluding hydrogens is 438 g/mol. The Hall–Kier alpha value is -3.20. The molecule has 1 fully saturated rings. The molecule has 1 amide bonds. The molecule has 0 bridgehead atoms. The fourth-order valence-corrected chi connectivity index (χ4v) is 5.10. The number of hydrogen-bond donors (Lipinski definition) is 2. The van der Waals surface area contributed by atoms with Crippen molar-refractivity contribution in [1.82, 2.24) is 10.2 Å². The van der Waals surface area contributed by atoms with Gasteiger partial charge in [-0.2, -0.15) is 0 Å². The minimum Gasteiger partial charge on any atom is -0.457 e. The van der Waals surface area contributed by atoms with Gasteiger partial charge in [-0.25, -0.2) is 4.79 Å². The predicted octanol–water partition coefficient (Wildman–Crippen LogP) is 3.40. The molecule has 1 saturated heterocycles. The summed E-state index contributed by atoms with van der Waals surface area (Å²) in [6, 6.07) is 15.4. The summed E-state index contributed by atoms with van der Waals surface area (Å²) in [6.45, 7) is 4.98. The van der Waals surface area contributed by atoms with Crippen molar-refractivity contribution in [2.45, 2.75) is 6.61 Å². The zero-order valence-electron chi connectivity index (χ0n) is 18.1. The molecule has 2 aliphatic rings. The van der Waals surface area contributed by atoms with Crippen LogP contribution in [0.15, 0.2) is 48.5 Å². The molecule has 0 unspecified atom stereocenters. The number of cyclic esters (lactones) is 1. The fourth-order valence-electron chi connectivity index (χ4n) is 4.11. The molecule has 0 saturated carbocycles. The molecule has 2 aromatic carbocycles. The Kier molecular flexibility index (Phi) is 6.13. The molecule has 5 rings (SSSR count). The number of hydrogen-bond acceptors (Lipinski definition) is 7. The van der Waals surface area contributed by atoms with E-state index < -0.39 is 0 Å². The van der Waals surface area contributed by atoms with Gasteiger partial charge in [0.1, 0.15) is 6.61 Å². The van der Waals surface area contributed by atoms with Crippen LogP contribution in [0.25, 0.3) is 20.9 Å². The second kappa shape index (κ2) is 9.35. The van der Waals surface area contributed by atoms with Crippen LogP contribution in [0.5, 0.6) is 0 Å². The molecule has 0 radical (unpaired) electrons. The summed E-state index contributed by atoms with van der Waals surface area (Å²) in [4.78, 5) is 28.7. The van der Waals surface area contributed by atoms with Gasteiger partial charge in [-0.15, -0.1) is 11.3 Å². The summed E-state index contributed by atoms with van der Waals surface area (Å²) in [6.07, 6.45) is 0. The minimum atomic E-state index is -0.260. The van der Waals surface area contributed by atoms with Crippen LogP contribution in [-0.2, 0) is 16.1 Å². The lowest BCUT2D eigenvalue weighted by molar-refractivity contribution is 0.0383. The maximum atomic E-state index is 12.6. The fraction of sp³-hybridized carbons (Fsp3) is 0.280. The number of esters is 1. The summed E-state index contributed by atoms with van der Waals surface area (Å²) >= 11 is 1.64. The molecule has 8 heteroatoms. The normalized spacial score (nSPS) is 15.8. The van der Waals surface area contributed by atoms with E-state index in [1.807, 2.05) is 36.4 Å². The van der Waals surface area contributed by atoms with Gasteiger partial charge >= 0.3 is 5.97 Å².